The number of nitrogens with one attached hydrogen (secondary N) is 2. The summed E-state index contributed by atoms with van der Waals surface area (Å²) in [4.78, 5) is 33.0. The fourth-order valence-electron chi connectivity index (χ4n) is 5.28. The molecule has 3 N–H and O–H groups in total. The first-order chi connectivity index (χ1) is 18.0. The number of hydrogen-bond donors (Lipinski definition) is 3. The summed E-state index contributed by atoms with van der Waals surface area (Å²) in [5, 5.41) is 17.9. The fraction of sp³-hybridized carbons (Fsp3) is 0.414. The van der Waals surface area contributed by atoms with Gasteiger partial charge >= 0.3 is 5.97 Å². The Bertz CT molecular complexity index is 1230. The Hall–Kier alpha value is -3.23. The summed E-state index contributed by atoms with van der Waals surface area (Å²) in [6.07, 6.45) is 5.82. The molecular formula is C29H34N4O3S. The van der Waals surface area contributed by atoms with Crippen molar-refractivity contribution in [2.45, 2.75) is 44.6 Å². The molecule has 2 aromatic heterocycles. The number of rotatable bonds is 10. The first kappa shape index (κ1) is 25.4. The standard InChI is InChI=1S/C29H34N4O3S/c34-28(23-5-1-4-22(18-23)26-7-3-17-37-26)32-25(29(35)36)13-16-33-15-12-20(19-33)8-10-24-11-9-21-6-2-14-30-27(21)31-24/h1,3-5,7,9,11,17-18,20,25H,2,6,8,10,12-16,19H2,(H,30,31)(H,32,34)(H,35,36). The molecule has 3 aromatic rings. The van der Waals surface area contributed by atoms with Gasteiger partial charge in [0.2, 0.25) is 0 Å². The van der Waals surface area contributed by atoms with Crippen molar-refractivity contribution in [3.8, 4) is 10.4 Å². The largest absolute Gasteiger partial charge is 0.480 e. The van der Waals surface area contributed by atoms with Gasteiger partial charge < -0.3 is 20.6 Å². The predicted octanol–water partition coefficient (Wildman–Crippen LogP) is 4.70. The number of benzene rings is 1. The third-order valence-corrected chi connectivity index (χ3v) is 8.32. The van der Waals surface area contributed by atoms with Crippen molar-refractivity contribution in [1.82, 2.24) is 15.2 Å². The summed E-state index contributed by atoms with van der Waals surface area (Å²) >= 11 is 1.61. The Morgan fingerprint density at radius 2 is 2.14 bits per heavy atom. The van der Waals surface area contributed by atoms with E-state index in [9.17, 15) is 14.7 Å². The lowest BCUT2D eigenvalue weighted by atomic mass is 10.00. The van der Waals surface area contributed by atoms with Crippen LogP contribution in [0.1, 0.15) is 47.3 Å². The van der Waals surface area contributed by atoms with Crippen LogP contribution in [0, 0.1) is 5.92 Å². The van der Waals surface area contributed by atoms with E-state index in [0.717, 1.165) is 67.3 Å². The minimum Gasteiger partial charge on any atom is -0.480 e. The summed E-state index contributed by atoms with van der Waals surface area (Å²) in [5.41, 5.74) is 3.89. The van der Waals surface area contributed by atoms with Gasteiger partial charge in [0.15, 0.2) is 0 Å². The zero-order valence-electron chi connectivity index (χ0n) is 21.0. The summed E-state index contributed by atoms with van der Waals surface area (Å²) in [5.74, 6) is 0.295. The molecule has 0 saturated carbocycles. The Morgan fingerprint density at radius 1 is 1.22 bits per heavy atom. The molecule has 0 bridgehead atoms. The summed E-state index contributed by atoms with van der Waals surface area (Å²) < 4.78 is 0. The van der Waals surface area contributed by atoms with Crippen LogP contribution in [0.15, 0.2) is 53.9 Å². The van der Waals surface area contributed by atoms with E-state index in [1.54, 1.807) is 17.4 Å². The molecule has 0 aliphatic carbocycles. The summed E-state index contributed by atoms with van der Waals surface area (Å²) in [7, 11) is 0. The van der Waals surface area contributed by atoms with Gasteiger partial charge in [-0.15, -0.1) is 11.3 Å². The van der Waals surface area contributed by atoms with Gasteiger partial charge in [0.05, 0.1) is 0 Å². The van der Waals surface area contributed by atoms with E-state index in [0.29, 0.717) is 24.4 Å². The van der Waals surface area contributed by atoms with Gasteiger partial charge in [0, 0.05) is 35.8 Å². The van der Waals surface area contributed by atoms with E-state index in [-0.39, 0.29) is 5.91 Å². The third kappa shape index (κ3) is 6.56. The lowest BCUT2D eigenvalue weighted by Gasteiger charge is -2.20. The Labute approximate surface area is 221 Å². The molecule has 0 spiro atoms. The Kier molecular flexibility index (Phi) is 8.16. The lowest BCUT2D eigenvalue weighted by Crippen LogP contribution is -2.43. The van der Waals surface area contributed by atoms with Gasteiger partial charge in [0.25, 0.3) is 5.91 Å². The zero-order chi connectivity index (χ0) is 25.6. The summed E-state index contributed by atoms with van der Waals surface area (Å²) in [6, 6.07) is 14.8. The molecule has 2 aliphatic rings. The van der Waals surface area contributed by atoms with E-state index < -0.39 is 12.0 Å². The number of hydrogen-bond acceptors (Lipinski definition) is 6. The number of aryl methyl sites for hydroxylation is 2. The van der Waals surface area contributed by atoms with Crippen molar-refractivity contribution in [2.75, 3.05) is 31.5 Å². The molecule has 8 heteroatoms. The van der Waals surface area contributed by atoms with Crippen molar-refractivity contribution in [3.05, 3.63) is 70.7 Å². The molecule has 4 heterocycles. The predicted molar refractivity (Wildman–Crippen MR) is 147 cm³/mol. The van der Waals surface area contributed by atoms with E-state index in [1.807, 2.05) is 35.7 Å². The maximum absolute atomic E-state index is 12.8. The number of thiophene rings is 1. The van der Waals surface area contributed by atoms with Crippen LogP contribution in [0.2, 0.25) is 0 Å². The molecule has 2 unspecified atom stereocenters. The number of pyridine rings is 1. The first-order valence-corrected chi connectivity index (χ1v) is 14.1. The van der Waals surface area contributed by atoms with Gasteiger partial charge in [-0.05, 0) is 91.8 Å². The maximum atomic E-state index is 12.8. The highest BCUT2D eigenvalue weighted by molar-refractivity contribution is 7.13. The highest BCUT2D eigenvalue weighted by Crippen LogP contribution is 2.26. The van der Waals surface area contributed by atoms with Crippen molar-refractivity contribution >= 4 is 29.0 Å². The average molecular weight is 519 g/mol. The van der Waals surface area contributed by atoms with Crippen LogP contribution < -0.4 is 10.6 Å². The lowest BCUT2D eigenvalue weighted by molar-refractivity contribution is -0.139. The minimum atomic E-state index is -0.995. The maximum Gasteiger partial charge on any atom is 0.326 e. The SMILES string of the molecule is O=C(NC(CCN1CCC(CCc2ccc3c(n2)NCCC3)C1)C(=O)O)c1cccc(-c2cccs2)c1. The number of aliphatic carboxylic acids is 1. The number of carbonyl (C=O) groups is 2. The van der Waals surface area contributed by atoms with Crippen molar-refractivity contribution in [3.63, 3.8) is 0 Å². The van der Waals surface area contributed by atoms with Gasteiger partial charge in [0.1, 0.15) is 11.9 Å². The molecule has 0 radical (unpaired) electrons. The molecule has 1 fully saturated rings. The van der Waals surface area contributed by atoms with Gasteiger partial charge in [-0.1, -0.05) is 24.3 Å². The molecule has 1 amide bonds. The fourth-order valence-corrected chi connectivity index (χ4v) is 6.00. The smallest absolute Gasteiger partial charge is 0.326 e. The molecule has 7 nitrogen and oxygen atoms in total. The molecular weight excluding hydrogens is 484 g/mol. The second kappa shape index (κ2) is 11.9. The van der Waals surface area contributed by atoms with Crippen LogP contribution in [-0.4, -0.2) is 59.1 Å². The van der Waals surface area contributed by atoms with E-state index in [1.165, 1.54) is 12.0 Å². The highest BCUT2D eigenvalue weighted by atomic mass is 32.1. The van der Waals surface area contributed by atoms with E-state index >= 15 is 0 Å². The highest BCUT2D eigenvalue weighted by Gasteiger charge is 2.26. The van der Waals surface area contributed by atoms with Gasteiger partial charge in [-0.25, -0.2) is 9.78 Å². The van der Waals surface area contributed by atoms with Crippen LogP contribution in [-0.2, 0) is 17.6 Å². The van der Waals surface area contributed by atoms with Gasteiger partial charge in [-0.3, -0.25) is 4.79 Å². The van der Waals surface area contributed by atoms with Crippen LogP contribution in [0.4, 0.5) is 5.82 Å². The van der Waals surface area contributed by atoms with Gasteiger partial charge in [-0.2, -0.15) is 0 Å². The number of fused-ring (bicyclic) bond motifs is 1. The number of anilines is 1. The number of carboxylic acid groups (broad SMARTS) is 1. The molecule has 1 aromatic carbocycles. The quantitative estimate of drug-likeness (QED) is 0.360. The van der Waals surface area contributed by atoms with E-state index in [4.69, 9.17) is 4.98 Å². The number of carboxylic acids is 1. The molecule has 2 atom stereocenters. The normalized spacial score (nSPS) is 18.1. The van der Waals surface area contributed by atoms with Crippen LogP contribution in [0.5, 0.6) is 0 Å². The Balaban J connectivity index is 1.09. The third-order valence-electron chi connectivity index (χ3n) is 7.40. The summed E-state index contributed by atoms with van der Waals surface area (Å²) in [6.45, 7) is 3.59. The minimum absolute atomic E-state index is 0.350. The van der Waals surface area contributed by atoms with Crippen molar-refractivity contribution < 1.29 is 14.7 Å². The molecule has 1 saturated heterocycles. The zero-order valence-corrected chi connectivity index (χ0v) is 21.8. The van der Waals surface area contributed by atoms with Crippen LogP contribution in [0.3, 0.4) is 0 Å². The first-order valence-electron chi connectivity index (χ1n) is 13.2. The number of aromatic nitrogens is 1. The molecule has 37 heavy (non-hydrogen) atoms. The monoisotopic (exact) mass is 518 g/mol. The number of amides is 1. The molecule has 194 valence electrons. The second-order valence-electron chi connectivity index (χ2n) is 10.0. The van der Waals surface area contributed by atoms with Crippen molar-refractivity contribution in [1.29, 1.82) is 0 Å². The topological polar surface area (TPSA) is 94.6 Å². The average Bonchev–Trinajstić information content (AvgIpc) is 3.62. The van der Waals surface area contributed by atoms with E-state index in [2.05, 4.69) is 27.7 Å². The Morgan fingerprint density at radius 3 is 2.97 bits per heavy atom. The second-order valence-corrected chi connectivity index (χ2v) is 11.0. The number of nitrogens with zero attached hydrogens (tertiary/aromatic N) is 2. The molecule has 2 aliphatic heterocycles. The van der Waals surface area contributed by atoms with Crippen LogP contribution in [0.25, 0.3) is 10.4 Å². The number of likely N-dealkylation sites (tertiary alicyclic amines) is 1. The molecule has 5 rings (SSSR count). The van der Waals surface area contributed by atoms with Crippen molar-refractivity contribution in [2.24, 2.45) is 5.92 Å². The van der Waals surface area contributed by atoms with Crippen LogP contribution >= 0.6 is 11.3 Å². The number of carbonyl (C=O) groups excluding carboxylic acids is 1.